The van der Waals surface area contributed by atoms with Crippen molar-refractivity contribution < 1.29 is 38.1 Å². The zero-order chi connectivity index (χ0) is 36.4. The van der Waals surface area contributed by atoms with Crippen LogP contribution in [-0.2, 0) is 38.1 Å². The molecule has 0 heterocycles. The predicted molar refractivity (Wildman–Crippen MR) is 191 cm³/mol. The summed E-state index contributed by atoms with van der Waals surface area (Å²) in [6.07, 6.45) is 8.73. The van der Waals surface area contributed by atoms with Crippen molar-refractivity contribution in [3.05, 3.63) is 96.1 Å². The minimum Gasteiger partial charge on any atom is -0.469 e. The van der Waals surface area contributed by atoms with E-state index in [-0.39, 0.29) is 83.1 Å². The van der Waals surface area contributed by atoms with Gasteiger partial charge in [-0.25, -0.2) is 0 Å². The van der Waals surface area contributed by atoms with Crippen LogP contribution in [0.25, 0.3) is 11.1 Å². The third-order valence-electron chi connectivity index (χ3n) is 15.4. The summed E-state index contributed by atoms with van der Waals surface area (Å²) in [7, 11) is 5.61. The largest absolute Gasteiger partial charge is 0.469 e. The second kappa shape index (κ2) is 11.5. The molecule has 0 saturated heterocycles. The van der Waals surface area contributed by atoms with Crippen LogP contribution in [0.3, 0.4) is 0 Å². The molecule has 16 unspecified atom stereocenters. The molecule has 8 heteroatoms. The van der Waals surface area contributed by atoms with Crippen LogP contribution in [0.5, 0.6) is 0 Å². The second-order valence-corrected chi connectivity index (χ2v) is 16.6. The monoisotopic (exact) mass is 702 g/mol. The molecule has 0 spiro atoms. The lowest BCUT2D eigenvalue weighted by Gasteiger charge is -2.83. The maximum absolute atomic E-state index is 13.9. The lowest BCUT2D eigenvalue weighted by molar-refractivity contribution is -0.291. The number of ether oxygens (including phenoxy) is 4. The highest BCUT2D eigenvalue weighted by Crippen LogP contribution is 2.87. The van der Waals surface area contributed by atoms with Gasteiger partial charge in [0.05, 0.1) is 52.1 Å². The summed E-state index contributed by atoms with van der Waals surface area (Å²) >= 11 is 0. The molecule has 10 aliphatic carbocycles. The standard InChI is InChI=1S/C44H46O8/c1-43-33(21-13-9-7-10-14-21)34(22-15-11-8-12-16-22)44(2,36-26-20-19-25(35(36)43)31(41(47)51-5)32(26)42(48)52-6)38-28-24-18-17-23(27(28)37(38)43)29(39(45)49-3)30(24)40(46)50-4/h7-20,23-32,35-38H,1-6H3. The summed E-state index contributed by atoms with van der Waals surface area (Å²) in [5.74, 6) is -4.72. The SMILES string of the molecule is COC(=O)C1C2C=CC(C1C(=O)OC)C1C2C2C1C1(C)C(c3ccccc3)=C(c3ccccc3)C2(C)C2C3C=CC(C(C(=O)OC)C3C(=O)OC)C21. The Morgan fingerprint density at radius 3 is 1.04 bits per heavy atom. The first-order chi connectivity index (χ1) is 25.1. The number of methoxy groups -OCH3 is 4. The van der Waals surface area contributed by atoms with Gasteiger partial charge in [0, 0.05) is 10.8 Å². The number of carbonyl (C=O) groups excluding carboxylic acids is 4. The van der Waals surface area contributed by atoms with Crippen LogP contribution in [0.2, 0.25) is 0 Å². The summed E-state index contributed by atoms with van der Waals surface area (Å²) in [6.45, 7) is 4.82. The minimum atomic E-state index is -0.686. The first-order valence-electron chi connectivity index (χ1n) is 18.6. The van der Waals surface area contributed by atoms with E-state index in [2.05, 4.69) is 86.7 Å². The Bertz CT molecular complexity index is 1810. The van der Waals surface area contributed by atoms with Gasteiger partial charge in [-0.05, 0) is 81.5 Å². The van der Waals surface area contributed by atoms with Crippen LogP contribution >= 0.6 is 0 Å². The van der Waals surface area contributed by atoms with Crippen molar-refractivity contribution in [1.29, 1.82) is 0 Å². The molecule has 0 radical (unpaired) electrons. The van der Waals surface area contributed by atoms with Crippen molar-refractivity contribution in [2.45, 2.75) is 13.8 Å². The lowest BCUT2D eigenvalue weighted by atomic mass is 9.20. The molecule has 16 atom stereocenters. The van der Waals surface area contributed by atoms with E-state index < -0.39 is 34.5 Å². The van der Waals surface area contributed by atoms with Crippen LogP contribution in [-0.4, -0.2) is 52.3 Å². The summed E-state index contributed by atoms with van der Waals surface area (Å²) in [4.78, 5) is 55.1. The normalized spacial score (nSPS) is 43.8. The van der Waals surface area contributed by atoms with Gasteiger partial charge in [0.2, 0.25) is 0 Å². The summed E-state index contributed by atoms with van der Waals surface area (Å²) in [5.41, 5.74) is 3.88. The maximum atomic E-state index is 13.9. The number of esters is 4. The van der Waals surface area contributed by atoms with Gasteiger partial charge in [-0.1, -0.05) is 98.8 Å². The molecule has 10 aliphatic rings. The molecule has 0 N–H and O–H groups in total. The quantitative estimate of drug-likeness (QED) is 0.201. The molecule has 4 saturated carbocycles. The first kappa shape index (κ1) is 33.4. The van der Waals surface area contributed by atoms with Gasteiger partial charge >= 0.3 is 23.9 Å². The number of carbonyl (C=O) groups is 4. The molecule has 0 amide bonds. The highest BCUT2D eigenvalue weighted by atomic mass is 16.5. The van der Waals surface area contributed by atoms with Crippen LogP contribution in [0, 0.1) is 93.7 Å². The Kier molecular flexibility index (Phi) is 7.39. The van der Waals surface area contributed by atoms with Crippen molar-refractivity contribution in [2.75, 3.05) is 28.4 Å². The number of rotatable bonds is 6. The molecule has 6 bridgehead atoms. The number of benzene rings is 2. The Labute approximate surface area is 304 Å². The molecule has 270 valence electrons. The van der Waals surface area contributed by atoms with E-state index in [1.807, 2.05) is 12.1 Å². The van der Waals surface area contributed by atoms with Crippen molar-refractivity contribution in [2.24, 2.45) is 93.7 Å². The van der Waals surface area contributed by atoms with Crippen LogP contribution in [0.15, 0.2) is 85.0 Å². The fourth-order valence-corrected chi connectivity index (χ4v) is 14.3. The van der Waals surface area contributed by atoms with Gasteiger partial charge in [-0.3, -0.25) is 19.2 Å². The van der Waals surface area contributed by atoms with Crippen molar-refractivity contribution in [3.63, 3.8) is 0 Å². The Balaban J connectivity index is 1.35. The molecule has 12 rings (SSSR count). The van der Waals surface area contributed by atoms with Crippen LogP contribution < -0.4 is 0 Å². The summed E-state index contributed by atoms with van der Waals surface area (Å²) in [5, 5.41) is 0. The number of fused-ring (bicyclic) bond motifs is 2. The topological polar surface area (TPSA) is 105 Å². The average molecular weight is 703 g/mol. The third kappa shape index (κ3) is 3.83. The predicted octanol–water partition coefficient (Wildman–Crippen LogP) is 6.14. The molecule has 52 heavy (non-hydrogen) atoms. The van der Waals surface area contributed by atoms with Crippen molar-refractivity contribution in [3.8, 4) is 0 Å². The fourth-order valence-electron chi connectivity index (χ4n) is 14.3. The average Bonchev–Trinajstić information content (AvgIpc) is 3.17. The number of hydrogen-bond donors (Lipinski definition) is 0. The van der Waals surface area contributed by atoms with Gasteiger partial charge < -0.3 is 18.9 Å². The highest BCUT2D eigenvalue weighted by molar-refractivity contribution is 5.99. The molecule has 8 nitrogen and oxygen atoms in total. The Morgan fingerprint density at radius 2 is 0.731 bits per heavy atom. The lowest BCUT2D eigenvalue weighted by Crippen LogP contribution is -2.79. The maximum Gasteiger partial charge on any atom is 0.310 e. The van der Waals surface area contributed by atoms with E-state index in [0.29, 0.717) is 0 Å². The van der Waals surface area contributed by atoms with E-state index in [0.717, 1.165) is 11.1 Å². The number of hydrogen-bond acceptors (Lipinski definition) is 8. The molecule has 0 aromatic heterocycles. The van der Waals surface area contributed by atoms with Gasteiger partial charge in [0.25, 0.3) is 0 Å². The van der Waals surface area contributed by atoms with Gasteiger partial charge in [0.1, 0.15) is 0 Å². The van der Waals surface area contributed by atoms with Gasteiger partial charge in [0.15, 0.2) is 0 Å². The van der Waals surface area contributed by atoms with Gasteiger partial charge in [-0.15, -0.1) is 0 Å². The second-order valence-electron chi connectivity index (χ2n) is 16.6. The van der Waals surface area contributed by atoms with E-state index in [1.165, 1.54) is 39.6 Å². The molecule has 2 aromatic rings. The van der Waals surface area contributed by atoms with Crippen molar-refractivity contribution >= 4 is 35.0 Å². The van der Waals surface area contributed by atoms with E-state index >= 15 is 0 Å². The molecular formula is C44H46O8. The van der Waals surface area contributed by atoms with Crippen LogP contribution in [0.4, 0.5) is 0 Å². The van der Waals surface area contributed by atoms with Gasteiger partial charge in [-0.2, -0.15) is 0 Å². The fraction of sp³-hybridized carbons (Fsp3) is 0.500. The molecule has 2 aromatic carbocycles. The molecule has 4 fully saturated rings. The Morgan fingerprint density at radius 1 is 0.442 bits per heavy atom. The zero-order valence-electron chi connectivity index (χ0n) is 30.4. The van der Waals surface area contributed by atoms with Crippen molar-refractivity contribution in [1.82, 2.24) is 0 Å². The van der Waals surface area contributed by atoms with E-state index in [4.69, 9.17) is 18.9 Å². The highest BCUT2D eigenvalue weighted by Gasteiger charge is 2.83. The summed E-state index contributed by atoms with van der Waals surface area (Å²) in [6, 6.07) is 21.3. The molecule has 0 aliphatic heterocycles. The number of allylic oxidation sites excluding steroid dienone is 6. The Hall–Kier alpha value is -4.46. The van der Waals surface area contributed by atoms with E-state index in [9.17, 15) is 19.2 Å². The first-order valence-corrected chi connectivity index (χ1v) is 18.6. The molecular weight excluding hydrogens is 656 g/mol. The van der Waals surface area contributed by atoms with Crippen LogP contribution in [0.1, 0.15) is 25.0 Å². The van der Waals surface area contributed by atoms with E-state index in [1.54, 1.807) is 0 Å². The smallest absolute Gasteiger partial charge is 0.310 e. The zero-order valence-corrected chi connectivity index (χ0v) is 30.4. The third-order valence-corrected chi connectivity index (χ3v) is 15.4. The minimum absolute atomic E-state index is 0.0141. The summed E-state index contributed by atoms with van der Waals surface area (Å²) < 4.78 is 21.8.